The zero-order chi connectivity index (χ0) is 14.0. The smallest absolute Gasteiger partial charge is 0.253 e. The first kappa shape index (κ1) is 13.6. The van der Waals surface area contributed by atoms with E-state index in [1.54, 1.807) is 30.1 Å². The second-order valence-electron chi connectivity index (χ2n) is 4.50. The maximum absolute atomic E-state index is 12.3. The topological polar surface area (TPSA) is 64.8 Å². The summed E-state index contributed by atoms with van der Waals surface area (Å²) in [4.78, 5) is 14.3. The van der Waals surface area contributed by atoms with E-state index < -0.39 is 0 Å². The van der Waals surface area contributed by atoms with Crippen LogP contribution in [0.3, 0.4) is 0 Å². The van der Waals surface area contributed by atoms with Gasteiger partial charge in [0.25, 0.3) is 5.91 Å². The van der Waals surface area contributed by atoms with Crippen molar-refractivity contribution < 1.29 is 14.3 Å². The Morgan fingerprint density at radius 3 is 2.84 bits per heavy atom. The second kappa shape index (κ2) is 5.44. The fourth-order valence-corrected chi connectivity index (χ4v) is 2.10. The number of carbonyl (C=O) groups is 1. The average Bonchev–Trinajstić information content (AvgIpc) is 2.83. The number of thiocarbonyl (C=S) groups is 1. The molecule has 1 unspecified atom stereocenters. The third kappa shape index (κ3) is 2.96. The fourth-order valence-electron chi connectivity index (χ4n) is 1.86. The normalized spacial score (nSPS) is 14.0. The van der Waals surface area contributed by atoms with Crippen LogP contribution in [0.2, 0.25) is 0 Å². The van der Waals surface area contributed by atoms with Crippen LogP contribution in [0.5, 0.6) is 11.5 Å². The van der Waals surface area contributed by atoms with Crippen molar-refractivity contribution in [2.24, 2.45) is 5.73 Å². The van der Waals surface area contributed by atoms with Crippen LogP contribution in [0.4, 0.5) is 0 Å². The molecule has 102 valence electrons. The predicted molar refractivity (Wildman–Crippen MR) is 75.5 cm³/mol. The number of nitrogens with two attached hydrogens (primary N) is 1. The van der Waals surface area contributed by atoms with E-state index in [0.717, 1.165) is 0 Å². The first-order valence-electron chi connectivity index (χ1n) is 5.94. The van der Waals surface area contributed by atoms with E-state index in [4.69, 9.17) is 27.4 Å². The summed E-state index contributed by atoms with van der Waals surface area (Å²) in [6, 6.07) is 5.10. The van der Waals surface area contributed by atoms with Gasteiger partial charge in [0, 0.05) is 25.1 Å². The summed E-state index contributed by atoms with van der Waals surface area (Å²) in [5.41, 5.74) is 6.06. The van der Waals surface area contributed by atoms with Crippen LogP contribution in [0, 0.1) is 0 Å². The molecular formula is C13H16N2O3S. The maximum atomic E-state index is 12.3. The summed E-state index contributed by atoms with van der Waals surface area (Å²) < 4.78 is 10.5. The number of carbonyl (C=O) groups excluding carboxylic acids is 1. The zero-order valence-electron chi connectivity index (χ0n) is 10.9. The Morgan fingerprint density at radius 1 is 1.47 bits per heavy atom. The van der Waals surface area contributed by atoms with Gasteiger partial charge in [0.1, 0.15) is 0 Å². The molecule has 1 amide bonds. The standard InChI is InChI=1S/C13H16N2O3S/c1-8(5-12(14)19)15(2)13(16)9-3-4-10-11(6-9)18-7-17-10/h3-4,6,8H,5,7H2,1-2H3,(H2,14,19). The Hall–Kier alpha value is -1.82. The average molecular weight is 280 g/mol. The molecule has 0 bridgehead atoms. The van der Waals surface area contributed by atoms with Crippen LogP contribution < -0.4 is 15.2 Å². The number of amides is 1. The highest BCUT2D eigenvalue weighted by atomic mass is 32.1. The molecule has 1 atom stereocenters. The Kier molecular flexibility index (Phi) is 3.90. The van der Waals surface area contributed by atoms with Crippen molar-refractivity contribution in [1.29, 1.82) is 0 Å². The van der Waals surface area contributed by atoms with Gasteiger partial charge in [-0.05, 0) is 25.1 Å². The van der Waals surface area contributed by atoms with Crippen LogP contribution in [-0.4, -0.2) is 35.7 Å². The van der Waals surface area contributed by atoms with Crippen LogP contribution in [0.1, 0.15) is 23.7 Å². The van der Waals surface area contributed by atoms with Gasteiger partial charge in [-0.15, -0.1) is 0 Å². The summed E-state index contributed by atoms with van der Waals surface area (Å²) >= 11 is 4.86. The Balaban J connectivity index is 2.13. The van der Waals surface area contributed by atoms with Crippen LogP contribution in [0.15, 0.2) is 18.2 Å². The van der Waals surface area contributed by atoms with Crippen molar-refractivity contribution in [1.82, 2.24) is 4.90 Å². The number of rotatable bonds is 4. The zero-order valence-corrected chi connectivity index (χ0v) is 11.7. The van der Waals surface area contributed by atoms with E-state index in [1.165, 1.54) is 0 Å². The predicted octanol–water partition coefficient (Wildman–Crippen LogP) is 1.55. The molecule has 0 saturated heterocycles. The third-order valence-corrected chi connectivity index (χ3v) is 3.26. The van der Waals surface area contributed by atoms with Crippen molar-refractivity contribution in [3.05, 3.63) is 23.8 Å². The number of hydrogen-bond donors (Lipinski definition) is 1. The van der Waals surface area contributed by atoms with Crippen molar-refractivity contribution >= 4 is 23.1 Å². The minimum absolute atomic E-state index is 0.0459. The number of benzene rings is 1. The van der Waals surface area contributed by atoms with Gasteiger partial charge in [0.2, 0.25) is 6.79 Å². The molecule has 0 aromatic heterocycles. The lowest BCUT2D eigenvalue weighted by molar-refractivity contribution is 0.0747. The van der Waals surface area contributed by atoms with Crippen LogP contribution in [-0.2, 0) is 0 Å². The van der Waals surface area contributed by atoms with Gasteiger partial charge in [0.15, 0.2) is 11.5 Å². The van der Waals surface area contributed by atoms with Crippen molar-refractivity contribution in [3.63, 3.8) is 0 Å². The van der Waals surface area contributed by atoms with E-state index in [2.05, 4.69) is 0 Å². The number of hydrogen-bond acceptors (Lipinski definition) is 4. The highest BCUT2D eigenvalue weighted by Gasteiger charge is 2.21. The number of nitrogens with zero attached hydrogens (tertiary/aromatic N) is 1. The molecule has 2 rings (SSSR count). The van der Waals surface area contributed by atoms with Gasteiger partial charge in [-0.1, -0.05) is 12.2 Å². The maximum Gasteiger partial charge on any atom is 0.253 e. The molecule has 1 aliphatic heterocycles. The SMILES string of the molecule is CC(CC(N)=S)N(C)C(=O)c1ccc2c(c1)OCO2. The van der Waals surface area contributed by atoms with Crippen LogP contribution >= 0.6 is 12.2 Å². The molecule has 1 aromatic carbocycles. The van der Waals surface area contributed by atoms with Crippen LogP contribution in [0.25, 0.3) is 0 Å². The molecular weight excluding hydrogens is 264 g/mol. The largest absolute Gasteiger partial charge is 0.454 e. The number of ether oxygens (including phenoxy) is 2. The lowest BCUT2D eigenvalue weighted by atomic mass is 10.1. The van der Waals surface area contributed by atoms with Gasteiger partial charge >= 0.3 is 0 Å². The molecule has 6 heteroatoms. The summed E-state index contributed by atoms with van der Waals surface area (Å²) in [6.07, 6.45) is 0.502. The molecule has 0 spiro atoms. The third-order valence-electron chi connectivity index (χ3n) is 3.10. The monoisotopic (exact) mass is 280 g/mol. The summed E-state index contributed by atoms with van der Waals surface area (Å²) in [5.74, 6) is 1.17. The molecule has 5 nitrogen and oxygen atoms in total. The van der Waals surface area contributed by atoms with E-state index >= 15 is 0 Å². The molecule has 19 heavy (non-hydrogen) atoms. The fraction of sp³-hybridized carbons (Fsp3) is 0.385. The van der Waals surface area contributed by atoms with E-state index in [-0.39, 0.29) is 18.7 Å². The lowest BCUT2D eigenvalue weighted by Gasteiger charge is -2.24. The van der Waals surface area contributed by atoms with Gasteiger partial charge < -0.3 is 20.1 Å². The quantitative estimate of drug-likeness (QED) is 0.848. The molecule has 1 aromatic rings. The van der Waals surface area contributed by atoms with E-state index in [0.29, 0.717) is 28.5 Å². The molecule has 1 aliphatic rings. The summed E-state index contributed by atoms with van der Waals surface area (Å²) in [6.45, 7) is 2.10. The van der Waals surface area contributed by atoms with Gasteiger partial charge in [-0.25, -0.2) is 0 Å². The van der Waals surface area contributed by atoms with Crippen molar-refractivity contribution in [2.45, 2.75) is 19.4 Å². The van der Waals surface area contributed by atoms with E-state index in [1.807, 2.05) is 6.92 Å². The Morgan fingerprint density at radius 2 is 2.16 bits per heavy atom. The van der Waals surface area contributed by atoms with Gasteiger partial charge in [0.05, 0.1) is 4.99 Å². The first-order valence-corrected chi connectivity index (χ1v) is 6.35. The Bertz CT molecular complexity index is 519. The van der Waals surface area contributed by atoms with E-state index in [9.17, 15) is 4.79 Å². The molecule has 0 saturated carbocycles. The molecule has 1 heterocycles. The second-order valence-corrected chi connectivity index (χ2v) is 5.03. The molecule has 0 fully saturated rings. The summed E-state index contributed by atoms with van der Waals surface area (Å²) in [5, 5.41) is 0. The highest BCUT2D eigenvalue weighted by molar-refractivity contribution is 7.80. The first-order chi connectivity index (χ1) is 8.99. The van der Waals surface area contributed by atoms with Crippen molar-refractivity contribution in [3.8, 4) is 11.5 Å². The summed E-state index contributed by atoms with van der Waals surface area (Å²) in [7, 11) is 1.73. The molecule has 2 N–H and O–H groups in total. The highest BCUT2D eigenvalue weighted by Crippen LogP contribution is 2.32. The molecule has 0 radical (unpaired) electrons. The molecule has 0 aliphatic carbocycles. The minimum Gasteiger partial charge on any atom is -0.454 e. The van der Waals surface area contributed by atoms with Gasteiger partial charge in [-0.3, -0.25) is 4.79 Å². The van der Waals surface area contributed by atoms with Gasteiger partial charge in [-0.2, -0.15) is 0 Å². The van der Waals surface area contributed by atoms with Crippen molar-refractivity contribution in [2.75, 3.05) is 13.8 Å². The number of fused-ring (bicyclic) bond motifs is 1. The Labute approximate surface area is 117 Å². The minimum atomic E-state index is -0.0953. The lowest BCUT2D eigenvalue weighted by Crippen LogP contribution is -2.37.